The molecule has 2 aromatic heterocycles. The zero-order valence-electron chi connectivity index (χ0n) is 9.24. The predicted octanol–water partition coefficient (Wildman–Crippen LogP) is 1.30. The fourth-order valence-corrected chi connectivity index (χ4v) is 1.69. The number of imidazole rings is 1. The molecule has 19 heavy (non-hydrogen) atoms. The van der Waals surface area contributed by atoms with Crippen LogP contribution in [0, 0.1) is 11.6 Å². The summed E-state index contributed by atoms with van der Waals surface area (Å²) >= 11 is 0. The number of hydrogen-bond acceptors (Lipinski definition) is 4. The second kappa shape index (κ2) is 3.87. The van der Waals surface area contributed by atoms with Crippen molar-refractivity contribution in [3.8, 4) is 17.1 Å². The van der Waals surface area contributed by atoms with E-state index in [9.17, 15) is 13.6 Å². The van der Waals surface area contributed by atoms with Crippen LogP contribution < -0.4 is 5.56 Å². The first-order valence-electron chi connectivity index (χ1n) is 5.18. The van der Waals surface area contributed by atoms with Crippen LogP contribution in [0.25, 0.3) is 22.6 Å². The molecule has 0 fully saturated rings. The van der Waals surface area contributed by atoms with E-state index in [1.165, 1.54) is 0 Å². The van der Waals surface area contributed by atoms with Gasteiger partial charge in [-0.05, 0) is 12.1 Å². The fourth-order valence-electron chi connectivity index (χ4n) is 1.69. The van der Waals surface area contributed by atoms with Crippen LogP contribution in [-0.4, -0.2) is 25.0 Å². The van der Waals surface area contributed by atoms with E-state index in [4.69, 9.17) is 5.11 Å². The number of aromatic hydroxyl groups is 1. The Morgan fingerprint density at radius 3 is 2.74 bits per heavy atom. The van der Waals surface area contributed by atoms with Crippen molar-refractivity contribution >= 4 is 11.2 Å². The maximum atomic E-state index is 13.7. The predicted molar refractivity (Wildman–Crippen MR) is 61.5 cm³/mol. The minimum absolute atomic E-state index is 0.0457. The lowest BCUT2D eigenvalue weighted by molar-refractivity contribution is 0.408. The van der Waals surface area contributed by atoms with E-state index in [1.54, 1.807) is 0 Å². The number of aromatic amines is 2. The molecular weight excluding hydrogens is 258 g/mol. The summed E-state index contributed by atoms with van der Waals surface area (Å²) in [4.78, 5) is 24.0. The van der Waals surface area contributed by atoms with E-state index in [2.05, 4.69) is 19.9 Å². The Labute approximate surface area is 103 Å². The van der Waals surface area contributed by atoms with Crippen molar-refractivity contribution in [2.24, 2.45) is 0 Å². The van der Waals surface area contributed by atoms with Crippen molar-refractivity contribution in [3.63, 3.8) is 0 Å². The molecule has 8 heteroatoms. The summed E-state index contributed by atoms with van der Waals surface area (Å²) in [5.74, 6) is -3.47. The Balaban J connectivity index is 2.28. The van der Waals surface area contributed by atoms with E-state index in [1.807, 2.05) is 0 Å². The maximum Gasteiger partial charge on any atom is 0.276 e. The van der Waals surface area contributed by atoms with Gasteiger partial charge in [0.1, 0.15) is 5.82 Å². The van der Waals surface area contributed by atoms with Gasteiger partial charge in [0, 0.05) is 0 Å². The minimum atomic E-state index is -1.38. The molecule has 3 N–H and O–H groups in total. The number of rotatable bonds is 1. The summed E-state index contributed by atoms with van der Waals surface area (Å²) < 4.78 is 26.9. The number of aromatic nitrogens is 4. The first-order chi connectivity index (χ1) is 9.08. The summed E-state index contributed by atoms with van der Waals surface area (Å²) in [5, 5.41) is 9.04. The van der Waals surface area contributed by atoms with E-state index in [-0.39, 0.29) is 22.6 Å². The molecule has 0 spiro atoms. The zero-order chi connectivity index (χ0) is 13.6. The summed E-state index contributed by atoms with van der Waals surface area (Å²) in [6.07, 6.45) is 1.16. The van der Waals surface area contributed by atoms with Crippen LogP contribution in [0.4, 0.5) is 8.78 Å². The third kappa shape index (κ3) is 1.65. The van der Waals surface area contributed by atoms with Crippen molar-refractivity contribution in [3.05, 3.63) is 40.4 Å². The quantitative estimate of drug-likeness (QED) is 0.617. The molecule has 3 aromatic rings. The molecule has 0 bridgehead atoms. The number of phenols is 1. The molecule has 2 heterocycles. The van der Waals surface area contributed by atoms with Gasteiger partial charge in [0.2, 0.25) is 5.82 Å². The highest BCUT2D eigenvalue weighted by molar-refractivity contribution is 5.75. The first kappa shape index (κ1) is 11.3. The van der Waals surface area contributed by atoms with Gasteiger partial charge in [0.05, 0.1) is 11.9 Å². The molecule has 0 aliphatic carbocycles. The monoisotopic (exact) mass is 264 g/mol. The van der Waals surface area contributed by atoms with Crippen LogP contribution >= 0.6 is 0 Å². The third-order valence-electron chi connectivity index (χ3n) is 2.61. The average molecular weight is 264 g/mol. The van der Waals surface area contributed by atoms with Crippen LogP contribution in [0.2, 0.25) is 0 Å². The Morgan fingerprint density at radius 1 is 1.21 bits per heavy atom. The van der Waals surface area contributed by atoms with Gasteiger partial charge in [-0.2, -0.15) is 4.39 Å². The molecule has 0 radical (unpaired) electrons. The fraction of sp³-hybridized carbons (Fsp3) is 0. The summed E-state index contributed by atoms with van der Waals surface area (Å²) in [7, 11) is 0. The SMILES string of the molecule is O=c1[nH]cnc2nc(-c3ccc(O)c(F)c3F)[nH]c12. The standard InChI is InChI=1S/C11H6F2N4O2/c12-6-4(1-2-5(18)7(6)13)9-16-8-10(17-9)14-3-15-11(8)19/h1-3,18H,(H2,14,15,16,17,19). The lowest BCUT2D eigenvalue weighted by Gasteiger charge is -2.01. The van der Waals surface area contributed by atoms with Crippen LogP contribution in [0.1, 0.15) is 0 Å². The Bertz CT molecular complexity index is 840. The number of H-pyrrole nitrogens is 2. The molecule has 0 unspecified atom stereocenters. The highest BCUT2D eigenvalue weighted by atomic mass is 19.2. The van der Waals surface area contributed by atoms with Crippen molar-refractivity contribution in [1.29, 1.82) is 0 Å². The lowest BCUT2D eigenvalue weighted by Crippen LogP contribution is -2.05. The van der Waals surface area contributed by atoms with Crippen molar-refractivity contribution in [1.82, 2.24) is 19.9 Å². The van der Waals surface area contributed by atoms with Crippen LogP contribution in [0.15, 0.2) is 23.3 Å². The largest absolute Gasteiger partial charge is 0.505 e. The van der Waals surface area contributed by atoms with Gasteiger partial charge in [-0.15, -0.1) is 0 Å². The third-order valence-corrected chi connectivity index (χ3v) is 2.61. The molecule has 0 saturated carbocycles. The van der Waals surface area contributed by atoms with Crippen LogP contribution in [-0.2, 0) is 0 Å². The van der Waals surface area contributed by atoms with E-state index < -0.39 is 22.9 Å². The van der Waals surface area contributed by atoms with Gasteiger partial charge >= 0.3 is 0 Å². The second-order valence-corrected chi connectivity index (χ2v) is 3.78. The average Bonchev–Trinajstić information content (AvgIpc) is 2.81. The molecule has 1 aromatic carbocycles. The number of nitrogens with one attached hydrogen (secondary N) is 2. The molecular formula is C11H6F2N4O2. The zero-order valence-corrected chi connectivity index (χ0v) is 9.24. The summed E-state index contributed by atoms with van der Waals surface area (Å²) in [6, 6.07) is 2.15. The van der Waals surface area contributed by atoms with Crippen molar-refractivity contribution in [2.75, 3.05) is 0 Å². The lowest BCUT2D eigenvalue weighted by atomic mass is 10.2. The van der Waals surface area contributed by atoms with E-state index >= 15 is 0 Å². The van der Waals surface area contributed by atoms with Crippen molar-refractivity contribution in [2.45, 2.75) is 0 Å². The summed E-state index contributed by atoms with van der Waals surface area (Å²) in [6.45, 7) is 0. The van der Waals surface area contributed by atoms with Crippen LogP contribution in [0.3, 0.4) is 0 Å². The number of nitrogens with zero attached hydrogens (tertiary/aromatic N) is 2. The molecule has 0 atom stereocenters. The van der Waals surface area contributed by atoms with Gasteiger partial charge in [0.25, 0.3) is 5.56 Å². The van der Waals surface area contributed by atoms with Gasteiger partial charge in [-0.25, -0.2) is 14.4 Å². The molecule has 0 saturated heterocycles. The van der Waals surface area contributed by atoms with Crippen LogP contribution in [0.5, 0.6) is 5.75 Å². The summed E-state index contributed by atoms with van der Waals surface area (Å²) in [5.41, 5.74) is -0.520. The Morgan fingerprint density at radius 2 is 2.00 bits per heavy atom. The van der Waals surface area contributed by atoms with E-state index in [0.717, 1.165) is 18.5 Å². The highest BCUT2D eigenvalue weighted by Gasteiger charge is 2.17. The van der Waals surface area contributed by atoms with Gasteiger partial charge < -0.3 is 15.1 Å². The number of benzene rings is 1. The molecule has 0 amide bonds. The second-order valence-electron chi connectivity index (χ2n) is 3.78. The normalized spacial score (nSPS) is 11.1. The number of halogens is 2. The number of phenolic OH excluding ortho intramolecular Hbond substituents is 1. The van der Waals surface area contributed by atoms with Gasteiger partial charge in [0.15, 0.2) is 22.7 Å². The first-order valence-corrected chi connectivity index (χ1v) is 5.18. The topological polar surface area (TPSA) is 94.7 Å². The number of fused-ring (bicyclic) bond motifs is 1. The molecule has 6 nitrogen and oxygen atoms in total. The van der Waals surface area contributed by atoms with Gasteiger partial charge in [-0.3, -0.25) is 4.79 Å². The minimum Gasteiger partial charge on any atom is -0.505 e. The Hall–Kier alpha value is -2.77. The van der Waals surface area contributed by atoms with E-state index in [0.29, 0.717) is 0 Å². The molecule has 96 valence electrons. The molecule has 0 aliphatic heterocycles. The molecule has 0 aliphatic rings. The Kier molecular flexibility index (Phi) is 2.31. The van der Waals surface area contributed by atoms with Crippen molar-refractivity contribution < 1.29 is 13.9 Å². The molecule has 3 rings (SSSR count). The highest BCUT2D eigenvalue weighted by Crippen LogP contribution is 2.27. The number of hydrogen-bond donors (Lipinski definition) is 3. The smallest absolute Gasteiger partial charge is 0.276 e. The van der Waals surface area contributed by atoms with Gasteiger partial charge in [-0.1, -0.05) is 0 Å². The maximum absolute atomic E-state index is 13.7.